The summed E-state index contributed by atoms with van der Waals surface area (Å²) < 4.78 is 53.6. The Morgan fingerprint density at radius 2 is 1.56 bits per heavy atom. The van der Waals surface area contributed by atoms with E-state index in [9.17, 15) is 22.0 Å². The molecule has 0 aromatic carbocycles. The van der Waals surface area contributed by atoms with E-state index in [1.807, 2.05) is 0 Å². The van der Waals surface area contributed by atoms with E-state index in [1.165, 1.54) is 0 Å². The van der Waals surface area contributed by atoms with Crippen molar-refractivity contribution in [3.63, 3.8) is 0 Å². The maximum absolute atomic E-state index is 10.9. The minimum absolute atomic E-state index is 0. The third-order valence-electron chi connectivity index (χ3n) is 0.332. The van der Waals surface area contributed by atoms with Gasteiger partial charge in [-0.3, -0.25) is 6.33 Å². The van der Waals surface area contributed by atoms with Gasteiger partial charge < -0.3 is 4.39 Å². The van der Waals surface area contributed by atoms with Crippen molar-refractivity contribution in [1.82, 2.24) is 0 Å². The zero-order valence-corrected chi connectivity index (χ0v) is 4.63. The summed E-state index contributed by atoms with van der Waals surface area (Å²) in [5.74, 6) is -2.84. The van der Waals surface area contributed by atoms with Crippen molar-refractivity contribution in [1.29, 1.82) is 0 Å². The average Bonchev–Trinajstić information content (AvgIpc) is 1.62. The monoisotopic (exact) mass is 194 g/mol. The molecule has 0 saturated heterocycles. The van der Waals surface area contributed by atoms with Crippen molar-refractivity contribution in [2.24, 2.45) is 0 Å². The minimum Gasteiger partial charge on any atom is -0.455 e. The van der Waals surface area contributed by atoms with Gasteiger partial charge in [0, 0.05) is 0 Å². The molecule has 6 heteroatoms. The molecule has 0 saturated carbocycles. The van der Waals surface area contributed by atoms with Crippen LogP contribution in [0.2, 0.25) is 0 Å². The van der Waals surface area contributed by atoms with Crippen molar-refractivity contribution in [3.05, 3.63) is 12.2 Å². The van der Waals surface area contributed by atoms with E-state index in [0.29, 0.717) is 0 Å². The molecule has 0 aromatic heterocycles. The number of allylic oxidation sites excluding steroid dienone is 1. The van der Waals surface area contributed by atoms with Gasteiger partial charge in [0.05, 0.1) is 5.83 Å². The van der Waals surface area contributed by atoms with Crippen LogP contribution >= 0.6 is 0 Å². The van der Waals surface area contributed by atoms with Crippen molar-refractivity contribution in [2.75, 3.05) is 0 Å². The predicted molar refractivity (Wildman–Crippen MR) is 15.0 cm³/mol. The van der Waals surface area contributed by atoms with Crippen LogP contribution in [-0.4, -0.2) is 6.18 Å². The summed E-state index contributed by atoms with van der Waals surface area (Å²) in [7, 11) is 0. The molecule has 0 bridgehead atoms. The molecule has 0 atom stereocenters. The van der Waals surface area contributed by atoms with Gasteiger partial charge in [-0.25, -0.2) is 4.39 Å². The van der Waals surface area contributed by atoms with Gasteiger partial charge in [0.25, 0.3) is 0 Å². The molecule has 0 fully saturated rings. The van der Waals surface area contributed by atoms with Crippen LogP contribution in [0.5, 0.6) is 0 Å². The Bertz CT molecular complexity index is 103. The minimum atomic E-state index is -5.23. The van der Waals surface area contributed by atoms with Gasteiger partial charge in [-0.2, -0.15) is 13.2 Å². The average molecular weight is 195 g/mol. The number of rotatable bonds is 0. The third kappa shape index (κ3) is 4.42. The molecule has 0 heterocycles. The molecule has 0 amide bonds. The molecule has 58 valence electrons. The molecular formula is C3CuF5. The zero-order chi connectivity index (χ0) is 6.78. The van der Waals surface area contributed by atoms with Gasteiger partial charge in [0.1, 0.15) is 0 Å². The molecule has 0 unspecified atom stereocenters. The van der Waals surface area contributed by atoms with E-state index in [0.717, 1.165) is 0 Å². The summed E-state index contributed by atoms with van der Waals surface area (Å²) in [6.45, 7) is 0. The van der Waals surface area contributed by atoms with Crippen LogP contribution in [0, 0.1) is 6.33 Å². The molecule has 0 radical (unpaired) electrons. The van der Waals surface area contributed by atoms with E-state index in [2.05, 4.69) is 0 Å². The van der Waals surface area contributed by atoms with Crippen molar-refractivity contribution in [2.45, 2.75) is 6.18 Å². The Morgan fingerprint density at radius 1 is 1.22 bits per heavy atom. The summed E-state index contributed by atoms with van der Waals surface area (Å²) in [6, 6.07) is 0. The largest absolute Gasteiger partial charge is 1.00 e. The first-order chi connectivity index (χ1) is 3.48. The topological polar surface area (TPSA) is 0 Å². The first-order valence-corrected chi connectivity index (χ1v) is 1.44. The molecule has 9 heavy (non-hydrogen) atoms. The van der Waals surface area contributed by atoms with E-state index in [1.54, 1.807) is 0 Å². The van der Waals surface area contributed by atoms with Crippen molar-refractivity contribution < 1.29 is 39.0 Å². The molecular weight excluding hydrogens is 195 g/mol. The van der Waals surface area contributed by atoms with E-state index < -0.39 is 12.0 Å². The quantitative estimate of drug-likeness (QED) is 0.315. The number of hydrogen-bond acceptors (Lipinski definition) is 0. The van der Waals surface area contributed by atoms with Gasteiger partial charge in [-0.05, 0) is 0 Å². The van der Waals surface area contributed by atoms with Crippen LogP contribution in [-0.2, 0) is 17.1 Å². The number of alkyl halides is 3. The zero-order valence-electron chi connectivity index (χ0n) is 3.69. The molecule has 0 aliphatic rings. The summed E-state index contributed by atoms with van der Waals surface area (Å²) in [5.41, 5.74) is 0. The van der Waals surface area contributed by atoms with Gasteiger partial charge >= 0.3 is 23.2 Å². The second-order valence-corrected chi connectivity index (χ2v) is 0.906. The van der Waals surface area contributed by atoms with Gasteiger partial charge in [0.2, 0.25) is 0 Å². The number of halogens is 5. The Labute approximate surface area is 58.2 Å². The first-order valence-electron chi connectivity index (χ1n) is 1.44. The third-order valence-corrected chi connectivity index (χ3v) is 0.332. The fraction of sp³-hybridized carbons (Fsp3) is 0.333. The molecule has 0 aliphatic heterocycles. The molecule has 0 spiro atoms. The van der Waals surface area contributed by atoms with Gasteiger partial charge in [-0.1, -0.05) is 0 Å². The summed E-state index contributed by atoms with van der Waals surface area (Å²) in [6.07, 6.45) is -5.40. The molecule has 0 rings (SSSR count). The SMILES string of the molecule is F[C-]=C(F)C(F)(F)F.[Cu+]. The van der Waals surface area contributed by atoms with Crippen molar-refractivity contribution in [3.8, 4) is 0 Å². The summed E-state index contributed by atoms with van der Waals surface area (Å²) in [5, 5.41) is 0. The Hall–Kier alpha value is -0.0905. The molecule has 0 N–H and O–H groups in total. The van der Waals surface area contributed by atoms with Crippen LogP contribution < -0.4 is 0 Å². The normalized spacial score (nSPS) is 12.8. The molecule has 0 aromatic rings. The maximum Gasteiger partial charge on any atom is 1.00 e. The van der Waals surface area contributed by atoms with E-state index >= 15 is 0 Å². The standard InChI is InChI=1S/C3F5.Cu/c4-1-2(5)3(6,7)8;/q-1;+1. The second-order valence-electron chi connectivity index (χ2n) is 0.906. The fourth-order valence-electron chi connectivity index (χ4n) is 0.0536. The predicted octanol–water partition coefficient (Wildman–Crippen LogP) is 2.13. The second kappa shape index (κ2) is 3.85. The Kier molecular flexibility index (Phi) is 4.99. The molecule has 0 nitrogen and oxygen atoms in total. The van der Waals surface area contributed by atoms with Crippen LogP contribution in [0.1, 0.15) is 0 Å². The smallest absolute Gasteiger partial charge is 0.455 e. The van der Waals surface area contributed by atoms with Crippen LogP contribution in [0.3, 0.4) is 0 Å². The Balaban J connectivity index is 0. The Morgan fingerprint density at radius 3 is 1.56 bits per heavy atom. The first kappa shape index (κ1) is 11.7. The van der Waals surface area contributed by atoms with Gasteiger partial charge in [-0.15, -0.1) is 0 Å². The molecule has 0 aliphatic carbocycles. The summed E-state index contributed by atoms with van der Waals surface area (Å²) in [4.78, 5) is 0. The fourth-order valence-corrected chi connectivity index (χ4v) is 0.0536. The van der Waals surface area contributed by atoms with Crippen molar-refractivity contribution >= 4 is 0 Å². The van der Waals surface area contributed by atoms with Crippen LogP contribution in [0.4, 0.5) is 22.0 Å². The van der Waals surface area contributed by atoms with Crippen LogP contribution in [0.25, 0.3) is 0 Å². The number of hydrogen-bond donors (Lipinski definition) is 0. The van der Waals surface area contributed by atoms with Crippen LogP contribution in [0.15, 0.2) is 5.83 Å². The van der Waals surface area contributed by atoms with Gasteiger partial charge in [0.15, 0.2) is 0 Å². The van der Waals surface area contributed by atoms with E-state index in [-0.39, 0.29) is 23.4 Å². The summed E-state index contributed by atoms with van der Waals surface area (Å²) >= 11 is 0. The van der Waals surface area contributed by atoms with E-state index in [4.69, 9.17) is 0 Å². The maximum atomic E-state index is 10.9.